The van der Waals surface area contributed by atoms with Crippen molar-refractivity contribution in [2.75, 3.05) is 13.2 Å². The molecule has 0 bridgehead atoms. The van der Waals surface area contributed by atoms with Gasteiger partial charge in [-0.2, -0.15) is 4.68 Å². The van der Waals surface area contributed by atoms with Crippen LogP contribution in [-0.2, 0) is 11.3 Å². The normalized spacial score (nSPS) is 17.8. The summed E-state index contributed by atoms with van der Waals surface area (Å²) in [5, 5.41) is 15.5. The lowest BCUT2D eigenvalue weighted by Crippen LogP contribution is -2.36. The topological polar surface area (TPSA) is 64.9 Å². The third-order valence-electron chi connectivity index (χ3n) is 4.09. The number of nitrogens with one attached hydrogen (secondary N) is 1. The summed E-state index contributed by atoms with van der Waals surface area (Å²) in [5.74, 6) is 1.50. The lowest BCUT2D eigenvalue weighted by Gasteiger charge is -2.28. The van der Waals surface area contributed by atoms with Crippen LogP contribution >= 0.6 is 0 Å². The Labute approximate surface area is 124 Å². The van der Waals surface area contributed by atoms with Gasteiger partial charge >= 0.3 is 0 Å². The van der Waals surface area contributed by atoms with E-state index in [1.807, 2.05) is 30.3 Å². The molecule has 112 valence electrons. The number of hydrogen-bond acceptors (Lipinski definition) is 5. The van der Waals surface area contributed by atoms with Crippen LogP contribution in [0.1, 0.15) is 25.6 Å². The number of hydrogen-bond donors (Lipinski definition) is 1. The van der Waals surface area contributed by atoms with Crippen molar-refractivity contribution in [2.45, 2.75) is 32.4 Å². The monoisotopic (exact) mass is 287 g/mol. The van der Waals surface area contributed by atoms with E-state index in [0.717, 1.165) is 37.6 Å². The van der Waals surface area contributed by atoms with Crippen LogP contribution in [0.3, 0.4) is 0 Å². The van der Waals surface area contributed by atoms with Crippen LogP contribution in [0, 0.1) is 5.92 Å². The average molecular weight is 287 g/mol. The Hall–Kier alpha value is -1.79. The van der Waals surface area contributed by atoms with E-state index >= 15 is 0 Å². The molecule has 1 unspecified atom stereocenters. The second kappa shape index (κ2) is 6.78. The molecule has 1 N–H and O–H groups in total. The maximum atomic E-state index is 5.41. The highest BCUT2D eigenvalue weighted by atomic mass is 16.5. The molecule has 6 nitrogen and oxygen atoms in total. The second-order valence-corrected chi connectivity index (χ2v) is 5.46. The molecule has 1 atom stereocenters. The molecule has 1 aliphatic rings. The van der Waals surface area contributed by atoms with Gasteiger partial charge < -0.3 is 10.1 Å². The molecule has 0 saturated carbocycles. The highest BCUT2D eigenvalue weighted by molar-refractivity contribution is 5.30. The van der Waals surface area contributed by atoms with Crippen LogP contribution in [0.4, 0.5) is 0 Å². The minimum Gasteiger partial charge on any atom is -0.381 e. The van der Waals surface area contributed by atoms with Crippen LogP contribution in [0.2, 0.25) is 0 Å². The van der Waals surface area contributed by atoms with E-state index in [2.05, 4.69) is 27.8 Å². The molecule has 1 aromatic heterocycles. The van der Waals surface area contributed by atoms with Crippen molar-refractivity contribution >= 4 is 0 Å². The Bertz CT molecular complexity index is 550. The molecule has 0 radical (unpaired) electrons. The van der Waals surface area contributed by atoms with Gasteiger partial charge in [-0.15, -0.1) is 5.10 Å². The molecule has 0 spiro atoms. The highest BCUT2D eigenvalue weighted by Gasteiger charge is 2.20. The summed E-state index contributed by atoms with van der Waals surface area (Å²) in [6, 6.07) is 10.4. The fourth-order valence-electron chi connectivity index (χ4n) is 2.72. The maximum absolute atomic E-state index is 5.41. The molecule has 21 heavy (non-hydrogen) atoms. The summed E-state index contributed by atoms with van der Waals surface area (Å²) in [6.07, 6.45) is 2.25. The van der Waals surface area contributed by atoms with Gasteiger partial charge in [0.1, 0.15) is 0 Å². The largest absolute Gasteiger partial charge is 0.381 e. The number of tetrazole rings is 1. The minimum absolute atomic E-state index is 0.440. The molecule has 2 aromatic rings. The number of benzene rings is 1. The van der Waals surface area contributed by atoms with Gasteiger partial charge in [-0.05, 0) is 48.2 Å². The molecular weight excluding hydrogens is 266 g/mol. The maximum Gasteiger partial charge on any atom is 0.170 e. The van der Waals surface area contributed by atoms with Gasteiger partial charge in [0, 0.05) is 19.3 Å². The van der Waals surface area contributed by atoms with Crippen molar-refractivity contribution in [1.29, 1.82) is 0 Å². The van der Waals surface area contributed by atoms with Gasteiger partial charge in [-0.25, -0.2) is 0 Å². The van der Waals surface area contributed by atoms with Gasteiger partial charge in [0.2, 0.25) is 0 Å². The molecule has 6 heteroatoms. The zero-order valence-electron chi connectivity index (χ0n) is 12.3. The summed E-state index contributed by atoms with van der Waals surface area (Å²) in [7, 11) is 0. The first-order valence-corrected chi connectivity index (χ1v) is 7.48. The third-order valence-corrected chi connectivity index (χ3v) is 4.09. The van der Waals surface area contributed by atoms with Crippen LogP contribution < -0.4 is 5.32 Å². The number of ether oxygens (including phenoxy) is 1. The lowest BCUT2D eigenvalue weighted by molar-refractivity contribution is 0.0557. The Morgan fingerprint density at radius 3 is 2.81 bits per heavy atom. The van der Waals surface area contributed by atoms with Gasteiger partial charge in [-0.1, -0.05) is 18.2 Å². The quantitative estimate of drug-likeness (QED) is 0.904. The lowest BCUT2D eigenvalue weighted by atomic mass is 9.93. The minimum atomic E-state index is 0.440. The number of rotatable bonds is 5. The molecule has 0 amide bonds. The van der Waals surface area contributed by atoms with Crippen molar-refractivity contribution in [3.8, 4) is 5.69 Å². The van der Waals surface area contributed by atoms with E-state index in [9.17, 15) is 0 Å². The highest BCUT2D eigenvalue weighted by Crippen LogP contribution is 2.18. The van der Waals surface area contributed by atoms with Crippen molar-refractivity contribution in [2.24, 2.45) is 5.92 Å². The molecule has 1 saturated heterocycles. The van der Waals surface area contributed by atoms with Gasteiger partial charge in [0.25, 0.3) is 0 Å². The zero-order chi connectivity index (χ0) is 14.5. The molecule has 2 heterocycles. The van der Waals surface area contributed by atoms with Gasteiger partial charge in [-0.3, -0.25) is 0 Å². The predicted molar refractivity (Wildman–Crippen MR) is 79.0 cm³/mol. The van der Waals surface area contributed by atoms with Crippen LogP contribution in [0.5, 0.6) is 0 Å². The number of aromatic nitrogens is 4. The SMILES string of the molecule is CC(NCc1nnnn1-c1ccccc1)C1CCOCC1. The number of para-hydroxylation sites is 1. The van der Waals surface area contributed by atoms with Crippen LogP contribution in [0.25, 0.3) is 5.69 Å². The summed E-state index contributed by atoms with van der Waals surface area (Å²) in [4.78, 5) is 0. The van der Waals surface area contributed by atoms with E-state index in [4.69, 9.17) is 4.74 Å². The van der Waals surface area contributed by atoms with E-state index in [-0.39, 0.29) is 0 Å². The molecule has 1 fully saturated rings. The Morgan fingerprint density at radius 2 is 2.05 bits per heavy atom. The molecule has 0 aliphatic carbocycles. The number of nitrogens with zero attached hydrogens (tertiary/aromatic N) is 4. The molecule has 1 aromatic carbocycles. The van der Waals surface area contributed by atoms with E-state index in [1.54, 1.807) is 4.68 Å². The van der Waals surface area contributed by atoms with Gasteiger partial charge in [0.05, 0.1) is 12.2 Å². The van der Waals surface area contributed by atoms with E-state index in [0.29, 0.717) is 18.5 Å². The average Bonchev–Trinajstić information content (AvgIpc) is 3.03. The Balaban J connectivity index is 1.62. The Morgan fingerprint density at radius 1 is 1.29 bits per heavy atom. The summed E-state index contributed by atoms with van der Waals surface area (Å²) >= 11 is 0. The predicted octanol–water partition coefficient (Wildman–Crippen LogP) is 1.57. The fraction of sp³-hybridized carbons (Fsp3) is 0.533. The van der Waals surface area contributed by atoms with Crippen molar-refractivity contribution in [1.82, 2.24) is 25.5 Å². The van der Waals surface area contributed by atoms with Crippen molar-refractivity contribution < 1.29 is 4.74 Å². The van der Waals surface area contributed by atoms with E-state index < -0.39 is 0 Å². The van der Waals surface area contributed by atoms with Crippen LogP contribution in [0.15, 0.2) is 30.3 Å². The van der Waals surface area contributed by atoms with Crippen molar-refractivity contribution in [3.63, 3.8) is 0 Å². The van der Waals surface area contributed by atoms with Gasteiger partial charge in [0.15, 0.2) is 5.82 Å². The summed E-state index contributed by atoms with van der Waals surface area (Å²) < 4.78 is 7.19. The first-order chi connectivity index (χ1) is 10.3. The smallest absolute Gasteiger partial charge is 0.170 e. The van der Waals surface area contributed by atoms with Crippen molar-refractivity contribution in [3.05, 3.63) is 36.2 Å². The summed E-state index contributed by atoms with van der Waals surface area (Å²) in [5.41, 5.74) is 0.984. The third kappa shape index (κ3) is 3.46. The first kappa shape index (κ1) is 14.2. The zero-order valence-corrected chi connectivity index (χ0v) is 12.3. The standard InChI is InChI=1S/C15H21N5O/c1-12(13-7-9-21-10-8-13)16-11-15-17-18-19-20(15)14-5-3-2-4-6-14/h2-6,12-13,16H,7-11H2,1H3. The first-order valence-electron chi connectivity index (χ1n) is 7.48. The Kier molecular flexibility index (Phi) is 4.57. The molecule has 1 aliphatic heterocycles. The van der Waals surface area contributed by atoms with E-state index in [1.165, 1.54) is 0 Å². The van der Waals surface area contributed by atoms with Crippen LogP contribution in [-0.4, -0.2) is 39.5 Å². The molecule has 3 rings (SSSR count). The second-order valence-electron chi connectivity index (χ2n) is 5.46. The fourth-order valence-corrected chi connectivity index (χ4v) is 2.72. The molecular formula is C15H21N5O. The summed E-state index contributed by atoms with van der Waals surface area (Å²) in [6.45, 7) is 4.64.